The van der Waals surface area contributed by atoms with Crippen molar-refractivity contribution in [2.45, 2.75) is 52.1 Å². The van der Waals surface area contributed by atoms with E-state index < -0.39 is 38.8 Å². The molecule has 2 aromatic carbocycles. The topological polar surface area (TPSA) is 119 Å². The van der Waals surface area contributed by atoms with Crippen molar-refractivity contribution >= 4 is 50.5 Å². The summed E-state index contributed by atoms with van der Waals surface area (Å²) in [5.74, 6) is -1.08. The molecule has 1 N–H and O–H groups in total. The smallest absolute Gasteiger partial charge is 0.440 e. The van der Waals surface area contributed by atoms with E-state index in [4.69, 9.17) is 16.0 Å². The number of aldehydes is 1. The van der Waals surface area contributed by atoms with Crippen molar-refractivity contribution in [3.63, 3.8) is 0 Å². The summed E-state index contributed by atoms with van der Waals surface area (Å²) in [5, 5.41) is 3.30. The molecular weight excluding hydrogens is 666 g/mol. The van der Waals surface area contributed by atoms with Crippen LogP contribution in [0.3, 0.4) is 0 Å². The van der Waals surface area contributed by atoms with Crippen LogP contribution < -0.4 is 19.8 Å². The summed E-state index contributed by atoms with van der Waals surface area (Å²) in [5.41, 5.74) is -4.91. The molecule has 250 valence electrons. The number of halogens is 5. The van der Waals surface area contributed by atoms with Gasteiger partial charge in [-0.1, -0.05) is 25.4 Å². The van der Waals surface area contributed by atoms with Crippen LogP contribution in [0.15, 0.2) is 51.7 Å². The Hall–Kier alpha value is -4.17. The number of rotatable bonds is 8. The SMILES string of the molecule is Cc1c(N2CCC(C)(C)CC2)oc2c(C(C)Nc3ccc(Cl)nc3-c3ccc(OS(=O)(=O)C(F)(F)F)c(C=O)c3)cc(F)cc2c1=O. The van der Waals surface area contributed by atoms with Gasteiger partial charge in [-0.25, -0.2) is 9.37 Å². The van der Waals surface area contributed by atoms with E-state index in [2.05, 4.69) is 28.3 Å². The number of benzene rings is 2. The summed E-state index contributed by atoms with van der Waals surface area (Å²) < 4.78 is 87.2. The second kappa shape index (κ2) is 12.5. The summed E-state index contributed by atoms with van der Waals surface area (Å²) in [6, 6.07) is 7.86. The fourth-order valence-corrected chi connectivity index (χ4v) is 6.05. The molecule has 4 aromatic rings. The molecule has 47 heavy (non-hydrogen) atoms. The lowest BCUT2D eigenvalue weighted by Crippen LogP contribution is -2.38. The Bertz CT molecular complexity index is 2040. The monoisotopic (exact) mass is 695 g/mol. The summed E-state index contributed by atoms with van der Waals surface area (Å²) in [4.78, 5) is 31.5. The molecule has 0 aliphatic carbocycles. The van der Waals surface area contributed by atoms with Crippen molar-refractivity contribution in [1.82, 2.24) is 4.98 Å². The first kappa shape index (κ1) is 34.2. The summed E-state index contributed by atoms with van der Waals surface area (Å²) in [6.07, 6.45) is 1.92. The molecule has 5 rings (SSSR count). The van der Waals surface area contributed by atoms with Gasteiger partial charge in [-0.2, -0.15) is 21.6 Å². The standard InChI is InChI=1S/C32H30ClF4N3O6S/c1-17-28(42)23-15-21(34)14-22(29(23)45-30(17)40-11-9-31(3,4)10-12-40)18(2)38-24-6-8-26(33)39-27(24)19-5-7-25(20(13-19)16-41)46-47(43,44)32(35,36)37/h5-8,13-16,18,38H,9-12H2,1-4H3. The van der Waals surface area contributed by atoms with Crippen LogP contribution in [0.4, 0.5) is 29.1 Å². The minimum absolute atomic E-state index is 0.0258. The molecule has 1 unspecified atom stereocenters. The Labute approximate surface area is 272 Å². The normalized spacial score (nSPS) is 15.8. The van der Waals surface area contributed by atoms with E-state index in [0.29, 0.717) is 35.8 Å². The van der Waals surface area contributed by atoms with Gasteiger partial charge in [0.1, 0.15) is 16.6 Å². The van der Waals surface area contributed by atoms with Gasteiger partial charge in [-0.3, -0.25) is 9.59 Å². The molecule has 0 radical (unpaired) electrons. The van der Waals surface area contributed by atoms with Crippen LogP contribution in [0.25, 0.3) is 22.2 Å². The third kappa shape index (κ3) is 6.93. The van der Waals surface area contributed by atoms with Gasteiger partial charge < -0.3 is 18.8 Å². The molecule has 0 spiro atoms. The zero-order chi connectivity index (χ0) is 34.5. The molecule has 1 aliphatic rings. The summed E-state index contributed by atoms with van der Waals surface area (Å²) in [6.45, 7) is 9.08. The van der Waals surface area contributed by atoms with Crippen LogP contribution in [0.2, 0.25) is 5.15 Å². The Kier molecular flexibility index (Phi) is 9.05. The molecule has 1 aliphatic heterocycles. The number of nitrogens with zero attached hydrogens (tertiary/aromatic N) is 2. The average molecular weight is 696 g/mol. The van der Waals surface area contributed by atoms with E-state index >= 15 is 0 Å². The van der Waals surface area contributed by atoms with Crippen molar-refractivity contribution in [2.75, 3.05) is 23.3 Å². The molecule has 1 fully saturated rings. The van der Waals surface area contributed by atoms with Gasteiger partial charge in [0, 0.05) is 24.2 Å². The fourth-order valence-electron chi connectivity index (χ4n) is 5.42. The second-order valence-corrected chi connectivity index (χ2v) is 14.1. The van der Waals surface area contributed by atoms with Gasteiger partial charge in [0.05, 0.1) is 33.9 Å². The van der Waals surface area contributed by atoms with Crippen LogP contribution in [-0.4, -0.2) is 38.3 Å². The first-order valence-corrected chi connectivity index (χ1v) is 16.2. The molecule has 3 heterocycles. The highest BCUT2D eigenvalue weighted by Crippen LogP contribution is 2.38. The predicted octanol–water partition coefficient (Wildman–Crippen LogP) is 7.80. The zero-order valence-corrected chi connectivity index (χ0v) is 27.2. The number of fused-ring (bicyclic) bond motifs is 1. The van der Waals surface area contributed by atoms with Gasteiger partial charge in [0.2, 0.25) is 5.88 Å². The van der Waals surface area contributed by atoms with E-state index in [1.165, 1.54) is 18.2 Å². The number of piperidine rings is 1. The first-order chi connectivity index (χ1) is 21.9. The minimum atomic E-state index is -6.04. The number of pyridine rings is 1. The van der Waals surface area contributed by atoms with Crippen LogP contribution in [0.5, 0.6) is 5.75 Å². The van der Waals surface area contributed by atoms with E-state index in [-0.39, 0.29) is 44.5 Å². The Morgan fingerprint density at radius 3 is 2.45 bits per heavy atom. The van der Waals surface area contributed by atoms with E-state index in [1.54, 1.807) is 19.9 Å². The molecule has 0 saturated carbocycles. The number of alkyl halides is 3. The molecule has 0 bridgehead atoms. The molecule has 15 heteroatoms. The molecule has 0 amide bonds. The van der Waals surface area contributed by atoms with Crippen LogP contribution in [-0.2, 0) is 10.1 Å². The fraction of sp³-hybridized carbons (Fsp3) is 0.344. The molecule has 1 atom stereocenters. The highest BCUT2D eigenvalue weighted by molar-refractivity contribution is 7.88. The first-order valence-electron chi connectivity index (χ1n) is 14.5. The largest absolute Gasteiger partial charge is 0.534 e. The third-order valence-corrected chi connectivity index (χ3v) is 9.36. The van der Waals surface area contributed by atoms with E-state index in [0.717, 1.165) is 31.0 Å². The Morgan fingerprint density at radius 2 is 1.81 bits per heavy atom. The number of nitrogens with one attached hydrogen (secondary N) is 1. The number of hydrogen-bond acceptors (Lipinski definition) is 9. The summed E-state index contributed by atoms with van der Waals surface area (Å²) >= 11 is 6.16. The molecule has 2 aromatic heterocycles. The molecular formula is C32H30ClF4N3O6S. The second-order valence-electron chi connectivity index (χ2n) is 12.1. The van der Waals surface area contributed by atoms with Gasteiger partial charge in [0.25, 0.3) is 0 Å². The van der Waals surface area contributed by atoms with Gasteiger partial charge in [0.15, 0.2) is 17.5 Å². The quantitative estimate of drug-likeness (QED) is 0.0648. The van der Waals surface area contributed by atoms with Crippen molar-refractivity contribution in [3.8, 4) is 17.0 Å². The van der Waals surface area contributed by atoms with Gasteiger partial charge in [-0.05, 0) is 74.6 Å². The average Bonchev–Trinajstić information content (AvgIpc) is 2.99. The lowest BCUT2D eigenvalue weighted by molar-refractivity contribution is -0.0500. The van der Waals surface area contributed by atoms with E-state index in [9.17, 15) is 35.6 Å². The van der Waals surface area contributed by atoms with E-state index in [1.807, 2.05) is 4.90 Å². The lowest BCUT2D eigenvalue weighted by atomic mass is 9.82. The highest BCUT2D eigenvalue weighted by Gasteiger charge is 2.48. The van der Waals surface area contributed by atoms with Crippen LogP contribution in [0.1, 0.15) is 61.1 Å². The maximum Gasteiger partial charge on any atom is 0.534 e. The van der Waals surface area contributed by atoms with Crippen molar-refractivity contribution < 1.29 is 39.4 Å². The van der Waals surface area contributed by atoms with Crippen LogP contribution in [0, 0.1) is 18.2 Å². The Balaban J connectivity index is 1.54. The number of anilines is 2. The maximum atomic E-state index is 15.0. The molecule has 9 nitrogen and oxygen atoms in total. The Morgan fingerprint density at radius 1 is 1.13 bits per heavy atom. The number of carbonyl (C=O) groups excluding carboxylic acids is 1. The third-order valence-electron chi connectivity index (χ3n) is 8.18. The van der Waals surface area contributed by atoms with Crippen LogP contribution >= 0.6 is 11.6 Å². The highest BCUT2D eigenvalue weighted by atomic mass is 35.5. The number of hydrogen-bond donors (Lipinski definition) is 1. The number of aromatic nitrogens is 1. The maximum absolute atomic E-state index is 15.0. The number of carbonyl (C=O) groups is 1. The van der Waals surface area contributed by atoms with Gasteiger partial charge >= 0.3 is 15.6 Å². The van der Waals surface area contributed by atoms with Crippen molar-refractivity contribution in [2.24, 2.45) is 5.41 Å². The molecule has 1 saturated heterocycles. The minimum Gasteiger partial charge on any atom is -0.440 e. The van der Waals surface area contributed by atoms with Crippen molar-refractivity contribution in [1.29, 1.82) is 0 Å². The summed E-state index contributed by atoms with van der Waals surface area (Å²) in [7, 11) is -6.04. The van der Waals surface area contributed by atoms with Gasteiger partial charge in [-0.15, -0.1) is 0 Å². The predicted molar refractivity (Wildman–Crippen MR) is 170 cm³/mol. The lowest BCUT2D eigenvalue weighted by Gasteiger charge is -2.37. The zero-order valence-electron chi connectivity index (χ0n) is 25.7. The van der Waals surface area contributed by atoms with Crippen molar-refractivity contribution in [3.05, 3.63) is 80.3 Å².